The Balaban J connectivity index is 1.70. The van der Waals surface area contributed by atoms with Crippen molar-refractivity contribution >= 4 is 23.0 Å². The highest BCUT2D eigenvalue weighted by atomic mass is 16.5. The lowest BCUT2D eigenvalue weighted by atomic mass is 9.85. The van der Waals surface area contributed by atoms with Crippen molar-refractivity contribution in [1.82, 2.24) is 14.5 Å². The van der Waals surface area contributed by atoms with Gasteiger partial charge in [0.25, 0.3) is 0 Å². The number of nitrogens with two attached hydrogens (primary N) is 2. The fourth-order valence-corrected chi connectivity index (χ4v) is 4.86. The van der Waals surface area contributed by atoms with E-state index in [-0.39, 0.29) is 6.04 Å². The average molecular weight is 491 g/mol. The molecule has 192 valence electrons. The number of ether oxygens (including phenoxy) is 1. The number of hydrogen-bond acceptors (Lipinski definition) is 6. The minimum absolute atomic E-state index is 0.0724. The van der Waals surface area contributed by atoms with E-state index in [1.54, 1.807) is 13.1 Å². The number of allylic oxidation sites excluding steroid dienone is 1. The summed E-state index contributed by atoms with van der Waals surface area (Å²) in [6, 6.07) is 6.27. The molecule has 1 fully saturated rings. The number of benzene rings is 1. The molecule has 3 heterocycles. The Morgan fingerprint density at radius 3 is 2.61 bits per heavy atom. The van der Waals surface area contributed by atoms with Gasteiger partial charge in [-0.05, 0) is 71.4 Å². The molecule has 0 radical (unpaired) electrons. The number of imidazole rings is 1. The number of nitrogens with zero attached hydrogens (tertiary/aromatic N) is 6. The van der Waals surface area contributed by atoms with Crippen molar-refractivity contribution < 1.29 is 4.74 Å². The number of aromatic nitrogens is 2. The molecule has 0 amide bonds. The normalized spacial score (nSPS) is 18.6. The van der Waals surface area contributed by atoms with Crippen molar-refractivity contribution in [1.29, 1.82) is 0 Å². The van der Waals surface area contributed by atoms with E-state index in [2.05, 4.69) is 49.7 Å². The summed E-state index contributed by atoms with van der Waals surface area (Å²) in [4.78, 5) is 21.0. The number of aliphatic imine (C=N–C) groups is 3. The summed E-state index contributed by atoms with van der Waals surface area (Å²) in [5, 5.41) is 0. The minimum Gasteiger partial charge on any atom is -0.491 e. The fraction of sp³-hybridized carbons (Fsp3) is 0.481. The summed E-state index contributed by atoms with van der Waals surface area (Å²) in [6.45, 7) is 9.10. The molecule has 4 N–H and O–H groups in total. The van der Waals surface area contributed by atoms with Crippen LogP contribution in [0.3, 0.4) is 0 Å². The van der Waals surface area contributed by atoms with Gasteiger partial charge in [-0.3, -0.25) is 9.98 Å². The number of amidine groups is 2. The van der Waals surface area contributed by atoms with Crippen molar-refractivity contribution in [2.75, 3.05) is 33.8 Å². The Labute approximate surface area is 213 Å². The summed E-state index contributed by atoms with van der Waals surface area (Å²) < 4.78 is 8.27. The lowest BCUT2D eigenvalue weighted by Crippen LogP contribution is -2.34. The van der Waals surface area contributed by atoms with Crippen LogP contribution in [0.1, 0.15) is 44.9 Å². The van der Waals surface area contributed by atoms with E-state index in [0.29, 0.717) is 36.4 Å². The quantitative estimate of drug-likeness (QED) is 0.493. The van der Waals surface area contributed by atoms with E-state index < -0.39 is 0 Å². The predicted octanol–water partition coefficient (Wildman–Crippen LogP) is 3.19. The first kappa shape index (κ1) is 25.6. The zero-order valence-corrected chi connectivity index (χ0v) is 22.0. The van der Waals surface area contributed by atoms with E-state index in [9.17, 15) is 0 Å². The van der Waals surface area contributed by atoms with Gasteiger partial charge in [-0.2, -0.15) is 0 Å². The highest BCUT2D eigenvalue weighted by Gasteiger charge is 2.26. The molecule has 9 heteroatoms. The van der Waals surface area contributed by atoms with Crippen LogP contribution in [-0.2, 0) is 6.54 Å². The second-order valence-corrected chi connectivity index (χ2v) is 9.77. The van der Waals surface area contributed by atoms with E-state index in [1.807, 2.05) is 27.1 Å². The van der Waals surface area contributed by atoms with Crippen molar-refractivity contribution in [2.45, 2.75) is 46.2 Å². The largest absolute Gasteiger partial charge is 0.491 e. The number of rotatable bonds is 5. The van der Waals surface area contributed by atoms with Crippen molar-refractivity contribution in [3.8, 4) is 17.1 Å². The van der Waals surface area contributed by atoms with Gasteiger partial charge in [-0.15, -0.1) is 0 Å². The first-order valence-electron chi connectivity index (χ1n) is 12.6. The van der Waals surface area contributed by atoms with Crippen molar-refractivity contribution in [3.63, 3.8) is 0 Å². The van der Waals surface area contributed by atoms with E-state index in [0.717, 1.165) is 59.9 Å². The molecular formula is C27H38N8O. The highest BCUT2D eigenvalue weighted by Crippen LogP contribution is 2.36. The van der Waals surface area contributed by atoms with Crippen LogP contribution in [-0.4, -0.2) is 71.7 Å². The summed E-state index contributed by atoms with van der Waals surface area (Å²) >= 11 is 0. The Morgan fingerprint density at radius 1 is 1.22 bits per heavy atom. The standard InChI is InChI=1S/C27H38N8O/c1-17(2)31-26(32-18(3)29)23-16-35-12-13-36-24-14-20(6-7-21(24)27(35)33-23)22(15-28)25(30-4)19-8-10-34(5)11-9-19/h6-7,14-17,19H,8-13,28H2,1-5H3,(H2,29,31,32). The number of hydrogen-bond donors (Lipinski definition) is 2. The van der Waals surface area contributed by atoms with Crippen LogP contribution in [0.2, 0.25) is 0 Å². The highest BCUT2D eigenvalue weighted by molar-refractivity contribution is 6.25. The topological polar surface area (TPSA) is 119 Å². The zero-order valence-electron chi connectivity index (χ0n) is 22.0. The third kappa shape index (κ3) is 5.51. The van der Waals surface area contributed by atoms with Gasteiger partial charge in [-0.25, -0.2) is 9.98 Å². The summed E-state index contributed by atoms with van der Waals surface area (Å²) in [7, 11) is 4.02. The lowest BCUT2D eigenvalue weighted by Gasteiger charge is -2.30. The molecule has 0 bridgehead atoms. The monoisotopic (exact) mass is 490 g/mol. The van der Waals surface area contributed by atoms with E-state index in [1.165, 1.54) is 0 Å². The maximum absolute atomic E-state index is 6.17. The number of fused-ring (bicyclic) bond motifs is 3. The molecule has 0 spiro atoms. The first-order valence-corrected chi connectivity index (χ1v) is 12.6. The maximum atomic E-state index is 6.17. The molecular weight excluding hydrogens is 452 g/mol. The third-order valence-corrected chi connectivity index (χ3v) is 6.58. The SMILES string of the molecule is CN=C(C(=CN)c1ccc2c(c1)OCCn1cc(C(N=C(C)N)=NC(C)C)nc1-2)C1CCN(C)CC1. The fourth-order valence-electron chi connectivity index (χ4n) is 4.86. The smallest absolute Gasteiger partial charge is 0.177 e. The van der Waals surface area contributed by atoms with E-state index >= 15 is 0 Å². The molecule has 1 saturated heterocycles. The molecule has 1 aromatic heterocycles. The molecule has 0 atom stereocenters. The van der Waals surface area contributed by atoms with Gasteiger partial charge in [0.05, 0.1) is 17.9 Å². The van der Waals surface area contributed by atoms with Crippen molar-refractivity contribution in [2.24, 2.45) is 32.4 Å². The van der Waals surface area contributed by atoms with Gasteiger partial charge in [0, 0.05) is 42.7 Å². The van der Waals surface area contributed by atoms with Crippen LogP contribution in [0, 0.1) is 5.92 Å². The predicted molar refractivity (Wildman–Crippen MR) is 148 cm³/mol. The van der Waals surface area contributed by atoms with E-state index in [4.69, 9.17) is 21.2 Å². The molecule has 4 rings (SSSR count). The van der Waals surface area contributed by atoms with Gasteiger partial charge in [0.15, 0.2) is 5.84 Å². The van der Waals surface area contributed by atoms with Gasteiger partial charge in [0.2, 0.25) is 0 Å². The minimum atomic E-state index is 0.0724. The first-order chi connectivity index (χ1) is 17.3. The lowest BCUT2D eigenvalue weighted by molar-refractivity contribution is 0.252. The zero-order chi connectivity index (χ0) is 25.8. The molecule has 36 heavy (non-hydrogen) atoms. The Morgan fingerprint density at radius 2 is 1.97 bits per heavy atom. The molecule has 0 saturated carbocycles. The van der Waals surface area contributed by atoms with Crippen LogP contribution in [0.15, 0.2) is 45.6 Å². The van der Waals surface area contributed by atoms with Gasteiger partial charge < -0.3 is 25.7 Å². The summed E-state index contributed by atoms with van der Waals surface area (Å²) in [6.07, 6.45) is 5.81. The van der Waals surface area contributed by atoms with Gasteiger partial charge in [0.1, 0.15) is 23.9 Å². The molecule has 2 aliphatic heterocycles. The Bertz CT molecular complexity index is 1210. The van der Waals surface area contributed by atoms with Crippen LogP contribution in [0.5, 0.6) is 5.75 Å². The van der Waals surface area contributed by atoms with Crippen LogP contribution in [0.25, 0.3) is 17.0 Å². The van der Waals surface area contributed by atoms with Gasteiger partial charge in [-0.1, -0.05) is 6.07 Å². The van der Waals surface area contributed by atoms with Gasteiger partial charge >= 0.3 is 0 Å². The van der Waals surface area contributed by atoms with Crippen LogP contribution < -0.4 is 16.2 Å². The van der Waals surface area contributed by atoms with Crippen LogP contribution >= 0.6 is 0 Å². The second-order valence-electron chi connectivity index (χ2n) is 9.77. The van der Waals surface area contributed by atoms with Crippen molar-refractivity contribution in [3.05, 3.63) is 41.9 Å². The molecule has 1 aromatic carbocycles. The summed E-state index contributed by atoms with van der Waals surface area (Å²) in [5.41, 5.74) is 16.7. The molecule has 9 nitrogen and oxygen atoms in total. The number of likely N-dealkylation sites (tertiary alicyclic amines) is 1. The number of piperidine rings is 1. The maximum Gasteiger partial charge on any atom is 0.177 e. The molecule has 0 unspecified atom stereocenters. The Hall–Kier alpha value is -3.46. The molecule has 2 aliphatic rings. The molecule has 0 aliphatic carbocycles. The average Bonchev–Trinajstić information content (AvgIpc) is 3.18. The van der Waals surface area contributed by atoms with Crippen LogP contribution in [0.4, 0.5) is 0 Å². The molecule has 2 aromatic rings. The Kier molecular flexibility index (Phi) is 7.88. The summed E-state index contributed by atoms with van der Waals surface area (Å²) in [5.74, 6) is 2.99. The second kappa shape index (κ2) is 11.1. The third-order valence-electron chi connectivity index (χ3n) is 6.58.